The summed E-state index contributed by atoms with van der Waals surface area (Å²) < 4.78 is 22.5. The van der Waals surface area contributed by atoms with Crippen LogP contribution in [-0.4, -0.2) is 25.7 Å². The van der Waals surface area contributed by atoms with Crippen LogP contribution in [0.3, 0.4) is 0 Å². The molecule has 0 saturated heterocycles. The summed E-state index contributed by atoms with van der Waals surface area (Å²) >= 11 is 0. The van der Waals surface area contributed by atoms with E-state index in [4.69, 9.17) is 0 Å². The summed E-state index contributed by atoms with van der Waals surface area (Å²) in [5.74, 6) is -0.724. The first kappa shape index (κ1) is 11.9. The van der Waals surface area contributed by atoms with Crippen LogP contribution >= 0.6 is 0 Å². The van der Waals surface area contributed by atoms with Gasteiger partial charge < -0.3 is 0 Å². The molecule has 82 valence electrons. The fourth-order valence-electron chi connectivity index (χ4n) is 1.20. The zero-order chi connectivity index (χ0) is 11.5. The lowest BCUT2D eigenvalue weighted by Gasteiger charge is -2.02. The molecule has 0 fully saturated rings. The average molecular weight is 226 g/mol. The van der Waals surface area contributed by atoms with Gasteiger partial charge in [0, 0.05) is 11.3 Å². The number of ketones is 1. The molecule has 0 aliphatic carbocycles. The first-order chi connectivity index (χ1) is 6.94. The number of hydrogen-bond donors (Lipinski definition) is 0. The van der Waals surface area contributed by atoms with Crippen molar-refractivity contribution >= 4 is 15.6 Å². The second kappa shape index (κ2) is 4.57. The van der Waals surface area contributed by atoms with Gasteiger partial charge in [0.15, 0.2) is 15.6 Å². The van der Waals surface area contributed by atoms with E-state index >= 15 is 0 Å². The van der Waals surface area contributed by atoms with Crippen molar-refractivity contribution in [2.24, 2.45) is 0 Å². The summed E-state index contributed by atoms with van der Waals surface area (Å²) in [5, 5.41) is 0. The molecule has 4 heteroatoms. The van der Waals surface area contributed by atoms with Crippen molar-refractivity contribution in [1.29, 1.82) is 0 Å². The van der Waals surface area contributed by atoms with E-state index in [0.717, 1.165) is 5.56 Å². The Labute approximate surface area is 90.0 Å². The monoisotopic (exact) mass is 226 g/mol. The zero-order valence-electron chi connectivity index (χ0n) is 8.86. The molecule has 0 N–H and O–H groups in total. The van der Waals surface area contributed by atoms with Gasteiger partial charge in [0.05, 0.1) is 0 Å². The van der Waals surface area contributed by atoms with Crippen LogP contribution in [0.5, 0.6) is 0 Å². The first-order valence-electron chi connectivity index (χ1n) is 4.75. The Morgan fingerprint density at radius 1 is 1.33 bits per heavy atom. The third-order valence-electron chi connectivity index (χ3n) is 2.13. The maximum atomic E-state index is 11.6. The molecule has 0 amide bonds. The van der Waals surface area contributed by atoms with Crippen LogP contribution < -0.4 is 0 Å². The smallest absolute Gasteiger partial charge is 0.177 e. The Hall–Kier alpha value is -1.16. The predicted molar refractivity (Wildman–Crippen MR) is 59.8 cm³/mol. The lowest BCUT2D eigenvalue weighted by molar-refractivity contribution is 0.102. The second-order valence-electron chi connectivity index (χ2n) is 3.47. The van der Waals surface area contributed by atoms with Gasteiger partial charge in [-0.25, -0.2) is 8.42 Å². The van der Waals surface area contributed by atoms with Crippen molar-refractivity contribution in [3.63, 3.8) is 0 Å². The van der Waals surface area contributed by atoms with E-state index < -0.39 is 15.6 Å². The van der Waals surface area contributed by atoms with E-state index in [1.165, 1.54) is 0 Å². The summed E-state index contributed by atoms with van der Waals surface area (Å²) in [5.41, 5.74) is 1.42. The number of hydrogen-bond acceptors (Lipinski definition) is 3. The van der Waals surface area contributed by atoms with E-state index in [1.807, 2.05) is 13.0 Å². The SMILES string of the molecule is CCS(=O)(=O)CC(=O)c1cccc(C)c1. The van der Waals surface area contributed by atoms with Crippen LogP contribution in [0.4, 0.5) is 0 Å². The minimum atomic E-state index is -3.23. The van der Waals surface area contributed by atoms with Crippen LogP contribution in [0.1, 0.15) is 22.8 Å². The van der Waals surface area contributed by atoms with Crippen LogP contribution in [0.25, 0.3) is 0 Å². The topological polar surface area (TPSA) is 51.2 Å². The number of carbonyl (C=O) groups is 1. The zero-order valence-corrected chi connectivity index (χ0v) is 9.67. The summed E-state index contributed by atoms with van der Waals surface area (Å²) in [6.45, 7) is 3.41. The third kappa shape index (κ3) is 3.47. The minimum absolute atomic E-state index is 0.00452. The second-order valence-corrected chi connectivity index (χ2v) is 5.82. The van der Waals surface area contributed by atoms with E-state index in [9.17, 15) is 13.2 Å². The van der Waals surface area contributed by atoms with Crippen molar-refractivity contribution in [3.05, 3.63) is 35.4 Å². The van der Waals surface area contributed by atoms with E-state index in [2.05, 4.69) is 0 Å². The molecule has 0 spiro atoms. The lowest BCUT2D eigenvalue weighted by Crippen LogP contribution is -2.17. The van der Waals surface area contributed by atoms with E-state index in [0.29, 0.717) is 5.56 Å². The van der Waals surface area contributed by atoms with Gasteiger partial charge in [-0.3, -0.25) is 4.79 Å². The number of carbonyl (C=O) groups excluding carboxylic acids is 1. The number of rotatable bonds is 4. The van der Waals surface area contributed by atoms with Gasteiger partial charge in [-0.1, -0.05) is 30.7 Å². The Morgan fingerprint density at radius 3 is 2.53 bits per heavy atom. The Balaban J connectivity index is 2.87. The molecule has 0 aromatic heterocycles. The van der Waals surface area contributed by atoms with Crippen LogP contribution in [0, 0.1) is 6.92 Å². The number of Topliss-reactive ketones (excluding diaryl/α,β-unsaturated/α-hetero) is 1. The Bertz CT molecular complexity index is 460. The quantitative estimate of drug-likeness (QED) is 0.733. The van der Waals surface area contributed by atoms with Gasteiger partial charge in [0.1, 0.15) is 5.75 Å². The van der Waals surface area contributed by atoms with E-state index in [1.54, 1.807) is 25.1 Å². The number of aryl methyl sites for hydroxylation is 1. The summed E-state index contributed by atoms with van der Waals surface area (Å²) in [7, 11) is -3.23. The fraction of sp³-hybridized carbons (Fsp3) is 0.364. The summed E-state index contributed by atoms with van der Waals surface area (Å²) in [6.07, 6.45) is 0. The Kier molecular flexibility index (Phi) is 3.63. The number of benzene rings is 1. The van der Waals surface area contributed by atoms with Gasteiger partial charge in [-0.2, -0.15) is 0 Å². The maximum Gasteiger partial charge on any atom is 0.177 e. The highest BCUT2D eigenvalue weighted by molar-refractivity contribution is 7.92. The summed E-state index contributed by atoms with van der Waals surface area (Å²) in [4.78, 5) is 11.6. The lowest BCUT2D eigenvalue weighted by atomic mass is 10.1. The maximum absolute atomic E-state index is 11.6. The van der Waals surface area contributed by atoms with Crippen molar-refractivity contribution in [3.8, 4) is 0 Å². The molecule has 0 aliphatic heterocycles. The molecule has 15 heavy (non-hydrogen) atoms. The standard InChI is InChI=1S/C11H14O3S/c1-3-15(13,14)8-11(12)10-6-4-5-9(2)7-10/h4-7H,3,8H2,1-2H3. The van der Waals surface area contributed by atoms with Crippen LogP contribution in [0.2, 0.25) is 0 Å². The molecule has 3 nitrogen and oxygen atoms in total. The van der Waals surface area contributed by atoms with Gasteiger partial charge in [-0.15, -0.1) is 0 Å². The highest BCUT2D eigenvalue weighted by Crippen LogP contribution is 2.06. The fourth-order valence-corrected chi connectivity index (χ4v) is 1.97. The van der Waals surface area contributed by atoms with Gasteiger partial charge in [-0.05, 0) is 13.0 Å². The normalized spacial score (nSPS) is 11.3. The van der Waals surface area contributed by atoms with Crippen LogP contribution in [0.15, 0.2) is 24.3 Å². The van der Waals surface area contributed by atoms with Crippen molar-refractivity contribution < 1.29 is 13.2 Å². The molecule has 1 aromatic rings. The van der Waals surface area contributed by atoms with Crippen molar-refractivity contribution in [2.45, 2.75) is 13.8 Å². The van der Waals surface area contributed by atoms with Crippen LogP contribution in [-0.2, 0) is 9.84 Å². The first-order valence-corrected chi connectivity index (χ1v) is 6.57. The molecule has 0 aliphatic rings. The minimum Gasteiger partial charge on any atom is -0.293 e. The molecule has 0 saturated carbocycles. The molecular weight excluding hydrogens is 212 g/mol. The van der Waals surface area contributed by atoms with E-state index in [-0.39, 0.29) is 11.5 Å². The molecular formula is C11H14O3S. The molecule has 0 atom stereocenters. The summed E-state index contributed by atoms with van der Waals surface area (Å²) in [6, 6.07) is 6.96. The third-order valence-corrected chi connectivity index (χ3v) is 3.71. The predicted octanol–water partition coefficient (Wildman–Crippen LogP) is 1.61. The van der Waals surface area contributed by atoms with Crippen molar-refractivity contribution in [2.75, 3.05) is 11.5 Å². The van der Waals surface area contributed by atoms with Gasteiger partial charge >= 0.3 is 0 Å². The average Bonchev–Trinajstić information content (AvgIpc) is 2.17. The highest BCUT2D eigenvalue weighted by Gasteiger charge is 2.15. The van der Waals surface area contributed by atoms with Gasteiger partial charge in [0.2, 0.25) is 0 Å². The molecule has 1 aromatic carbocycles. The molecule has 0 radical (unpaired) electrons. The molecule has 0 unspecified atom stereocenters. The van der Waals surface area contributed by atoms with Gasteiger partial charge in [0.25, 0.3) is 0 Å². The molecule has 1 rings (SSSR count). The highest BCUT2D eigenvalue weighted by atomic mass is 32.2. The molecule has 0 bridgehead atoms. The largest absolute Gasteiger partial charge is 0.293 e. The Morgan fingerprint density at radius 2 is 2.00 bits per heavy atom. The molecule has 0 heterocycles. The van der Waals surface area contributed by atoms with Crippen molar-refractivity contribution in [1.82, 2.24) is 0 Å². The number of sulfone groups is 1.